The molecule has 0 unspecified atom stereocenters. The molecule has 0 aliphatic carbocycles. The highest BCUT2D eigenvalue weighted by Crippen LogP contribution is 2.37. The first-order chi connectivity index (χ1) is 12.0. The summed E-state index contributed by atoms with van der Waals surface area (Å²) in [6, 6.07) is 8.87. The van der Waals surface area contributed by atoms with Gasteiger partial charge in [0.2, 0.25) is 0 Å². The number of amides is 1. The Kier molecular flexibility index (Phi) is 7.14. The molecule has 0 aromatic heterocycles. The van der Waals surface area contributed by atoms with E-state index in [2.05, 4.69) is 21.2 Å². The molecule has 1 N–H and O–H groups in total. The van der Waals surface area contributed by atoms with E-state index in [1.807, 2.05) is 39.0 Å². The summed E-state index contributed by atoms with van der Waals surface area (Å²) in [7, 11) is 0. The zero-order valence-electron chi connectivity index (χ0n) is 14.5. The van der Waals surface area contributed by atoms with Crippen LogP contribution in [-0.2, 0) is 0 Å². The van der Waals surface area contributed by atoms with Crippen molar-refractivity contribution in [1.82, 2.24) is 0 Å². The molecule has 0 fully saturated rings. The maximum absolute atomic E-state index is 12.6. The minimum atomic E-state index is -0.258. The summed E-state index contributed by atoms with van der Waals surface area (Å²) >= 11 is 9.75. The number of halogens is 2. The smallest absolute Gasteiger partial charge is 0.255 e. The fourth-order valence-electron chi connectivity index (χ4n) is 2.23. The molecule has 2 rings (SSSR count). The van der Waals surface area contributed by atoms with Crippen LogP contribution in [0.15, 0.2) is 34.8 Å². The molecule has 6 heteroatoms. The monoisotopic (exact) mass is 425 g/mol. The van der Waals surface area contributed by atoms with Crippen LogP contribution >= 0.6 is 27.5 Å². The summed E-state index contributed by atoms with van der Waals surface area (Å²) in [6.07, 6.45) is 0.854. The second-order valence-electron chi connectivity index (χ2n) is 5.48. The first-order valence-electron chi connectivity index (χ1n) is 8.12. The van der Waals surface area contributed by atoms with Crippen molar-refractivity contribution >= 4 is 39.1 Å². The number of rotatable bonds is 7. The SMILES string of the molecule is CCCOc1c(Cl)cc(C(=O)Nc2ccc(Br)c(C)c2)cc1OCC. The molecule has 0 aliphatic heterocycles. The van der Waals surface area contributed by atoms with Crippen molar-refractivity contribution in [3.63, 3.8) is 0 Å². The summed E-state index contributed by atoms with van der Waals surface area (Å²) < 4.78 is 12.2. The summed E-state index contributed by atoms with van der Waals surface area (Å²) in [4.78, 5) is 12.6. The van der Waals surface area contributed by atoms with Crippen LogP contribution in [0.1, 0.15) is 36.2 Å². The Balaban J connectivity index is 2.27. The molecule has 4 nitrogen and oxygen atoms in total. The van der Waals surface area contributed by atoms with Crippen molar-refractivity contribution in [2.45, 2.75) is 27.2 Å². The fraction of sp³-hybridized carbons (Fsp3) is 0.316. The lowest BCUT2D eigenvalue weighted by molar-refractivity contribution is 0.102. The molecule has 0 heterocycles. The largest absolute Gasteiger partial charge is 0.490 e. The maximum Gasteiger partial charge on any atom is 0.255 e. The molecular weight excluding hydrogens is 406 g/mol. The van der Waals surface area contributed by atoms with E-state index in [1.54, 1.807) is 12.1 Å². The number of aryl methyl sites for hydroxylation is 1. The van der Waals surface area contributed by atoms with Gasteiger partial charge in [0.25, 0.3) is 5.91 Å². The normalized spacial score (nSPS) is 10.4. The van der Waals surface area contributed by atoms with Gasteiger partial charge in [-0.1, -0.05) is 34.5 Å². The Morgan fingerprint density at radius 2 is 1.96 bits per heavy atom. The number of benzene rings is 2. The average Bonchev–Trinajstić information content (AvgIpc) is 2.57. The van der Waals surface area contributed by atoms with Gasteiger partial charge in [-0.05, 0) is 56.2 Å². The number of hydrogen-bond acceptors (Lipinski definition) is 3. The third-order valence-electron chi connectivity index (χ3n) is 3.44. The number of ether oxygens (including phenoxy) is 2. The van der Waals surface area contributed by atoms with E-state index >= 15 is 0 Å². The van der Waals surface area contributed by atoms with Crippen LogP contribution in [-0.4, -0.2) is 19.1 Å². The van der Waals surface area contributed by atoms with Crippen LogP contribution in [0.25, 0.3) is 0 Å². The number of carbonyl (C=O) groups is 1. The average molecular weight is 427 g/mol. The highest BCUT2D eigenvalue weighted by molar-refractivity contribution is 9.10. The van der Waals surface area contributed by atoms with Gasteiger partial charge in [0, 0.05) is 15.7 Å². The van der Waals surface area contributed by atoms with Crippen molar-refractivity contribution in [2.75, 3.05) is 18.5 Å². The summed E-state index contributed by atoms with van der Waals surface area (Å²) in [5.41, 5.74) is 2.16. The van der Waals surface area contributed by atoms with Crippen molar-refractivity contribution in [3.8, 4) is 11.5 Å². The van der Waals surface area contributed by atoms with Gasteiger partial charge in [-0.2, -0.15) is 0 Å². The minimum Gasteiger partial charge on any atom is -0.490 e. The molecule has 25 heavy (non-hydrogen) atoms. The van der Waals surface area contributed by atoms with Crippen molar-refractivity contribution < 1.29 is 14.3 Å². The van der Waals surface area contributed by atoms with Crippen LogP contribution in [0.3, 0.4) is 0 Å². The molecule has 0 atom stereocenters. The molecule has 0 bridgehead atoms. The van der Waals surface area contributed by atoms with Crippen LogP contribution < -0.4 is 14.8 Å². The van der Waals surface area contributed by atoms with Crippen LogP contribution in [0.4, 0.5) is 5.69 Å². The van der Waals surface area contributed by atoms with Gasteiger partial charge in [0.1, 0.15) is 0 Å². The van der Waals surface area contributed by atoms with Gasteiger partial charge in [-0.15, -0.1) is 0 Å². The lowest BCUT2D eigenvalue weighted by Gasteiger charge is -2.15. The van der Waals surface area contributed by atoms with Crippen molar-refractivity contribution in [3.05, 3.63) is 51.0 Å². The van der Waals surface area contributed by atoms with Crippen LogP contribution in [0.5, 0.6) is 11.5 Å². The molecule has 0 saturated heterocycles. The van der Waals surface area contributed by atoms with E-state index in [-0.39, 0.29) is 5.91 Å². The van der Waals surface area contributed by atoms with E-state index < -0.39 is 0 Å². The van der Waals surface area contributed by atoms with Gasteiger partial charge in [-0.3, -0.25) is 4.79 Å². The first kappa shape index (κ1) is 19.6. The Bertz CT molecular complexity index is 765. The standard InChI is InChI=1S/C19H21BrClNO3/c1-4-8-25-18-16(21)10-13(11-17(18)24-5-2)19(23)22-14-6-7-15(20)12(3)9-14/h6-7,9-11H,4-5,8H2,1-3H3,(H,22,23). The highest BCUT2D eigenvalue weighted by Gasteiger charge is 2.16. The minimum absolute atomic E-state index is 0.258. The van der Waals surface area contributed by atoms with E-state index in [1.165, 1.54) is 0 Å². The highest BCUT2D eigenvalue weighted by atomic mass is 79.9. The van der Waals surface area contributed by atoms with Gasteiger partial charge in [0.15, 0.2) is 11.5 Å². The topological polar surface area (TPSA) is 47.6 Å². The molecule has 2 aromatic rings. The summed E-state index contributed by atoms with van der Waals surface area (Å²) in [5.74, 6) is 0.689. The zero-order valence-corrected chi connectivity index (χ0v) is 16.8. The Labute approximate surface area is 161 Å². The molecule has 0 aliphatic rings. The molecule has 0 spiro atoms. The molecule has 0 radical (unpaired) electrons. The van der Waals surface area contributed by atoms with Crippen molar-refractivity contribution in [2.24, 2.45) is 0 Å². The van der Waals surface area contributed by atoms with E-state index in [0.717, 1.165) is 16.5 Å². The van der Waals surface area contributed by atoms with E-state index in [0.29, 0.717) is 41.0 Å². The van der Waals surface area contributed by atoms with Crippen molar-refractivity contribution in [1.29, 1.82) is 0 Å². The second-order valence-corrected chi connectivity index (χ2v) is 6.75. The third kappa shape index (κ3) is 5.13. The van der Waals surface area contributed by atoms with Gasteiger partial charge in [0.05, 0.1) is 18.2 Å². The zero-order chi connectivity index (χ0) is 18.4. The predicted octanol–water partition coefficient (Wildman–Crippen LogP) is 5.85. The number of anilines is 1. The molecular formula is C19H21BrClNO3. The van der Waals surface area contributed by atoms with Gasteiger partial charge < -0.3 is 14.8 Å². The maximum atomic E-state index is 12.6. The molecule has 0 saturated carbocycles. The fourth-order valence-corrected chi connectivity index (χ4v) is 2.74. The van der Waals surface area contributed by atoms with Gasteiger partial charge in [-0.25, -0.2) is 0 Å². The van der Waals surface area contributed by atoms with Gasteiger partial charge >= 0.3 is 0 Å². The molecule has 2 aromatic carbocycles. The number of hydrogen-bond donors (Lipinski definition) is 1. The van der Waals surface area contributed by atoms with E-state index in [4.69, 9.17) is 21.1 Å². The quantitative estimate of drug-likeness (QED) is 0.604. The second kappa shape index (κ2) is 9.11. The first-order valence-corrected chi connectivity index (χ1v) is 9.30. The number of carbonyl (C=O) groups excluding carboxylic acids is 1. The van der Waals surface area contributed by atoms with E-state index in [9.17, 15) is 4.79 Å². The third-order valence-corrected chi connectivity index (χ3v) is 4.61. The summed E-state index contributed by atoms with van der Waals surface area (Å²) in [6.45, 7) is 6.83. The molecule has 1 amide bonds. The van der Waals surface area contributed by atoms with Crippen LogP contribution in [0, 0.1) is 6.92 Å². The Morgan fingerprint density at radius 3 is 2.60 bits per heavy atom. The predicted molar refractivity (Wildman–Crippen MR) is 105 cm³/mol. The lowest BCUT2D eigenvalue weighted by Crippen LogP contribution is -2.13. The summed E-state index contributed by atoms with van der Waals surface area (Å²) in [5, 5.41) is 3.23. The Hall–Kier alpha value is -1.72. The lowest BCUT2D eigenvalue weighted by atomic mass is 10.1. The number of nitrogens with one attached hydrogen (secondary N) is 1. The molecule has 134 valence electrons. The Morgan fingerprint density at radius 1 is 1.20 bits per heavy atom. The van der Waals surface area contributed by atoms with Crippen LogP contribution in [0.2, 0.25) is 5.02 Å².